The minimum absolute atomic E-state index is 0.303. The molecule has 0 aliphatic heterocycles. The maximum absolute atomic E-state index is 5.94. The highest BCUT2D eigenvalue weighted by Crippen LogP contribution is 2.35. The van der Waals surface area contributed by atoms with Crippen LogP contribution in [0.3, 0.4) is 0 Å². The van der Waals surface area contributed by atoms with Gasteiger partial charge in [-0.25, -0.2) is 0 Å². The Labute approximate surface area is 97.9 Å². The zero-order chi connectivity index (χ0) is 11.7. The minimum Gasteiger partial charge on any atom is -0.496 e. The van der Waals surface area contributed by atoms with E-state index >= 15 is 0 Å². The van der Waals surface area contributed by atoms with E-state index in [0.29, 0.717) is 22.4 Å². The molecule has 1 heterocycles. The first-order valence-electron chi connectivity index (χ1n) is 4.69. The highest BCUT2D eigenvalue weighted by atomic mass is 35.5. The molecule has 0 fully saturated rings. The van der Waals surface area contributed by atoms with E-state index in [9.17, 15) is 0 Å². The summed E-state index contributed by atoms with van der Waals surface area (Å²) in [4.78, 5) is 0. The largest absolute Gasteiger partial charge is 0.496 e. The first-order valence-corrected chi connectivity index (χ1v) is 5.07. The van der Waals surface area contributed by atoms with Gasteiger partial charge in [0.25, 0.3) is 0 Å². The lowest BCUT2D eigenvalue weighted by atomic mass is 10.1. The van der Waals surface area contributed by atoms with Crippen LogP contribution in [0.25, 0.3) is 11.3 Å². The Hall–Kier alpha value is -1.68. The fourth-order valence-corrected chi connectivity index (χ4v) is 1.64. The van der Waals surface area contributed by atoms with Crippen molar-refractivity contribution in [1.29, 1.82) is 0 Å². The van der Waals surface area contributed by atoms with E-state index in [1.807, 2.05) is 6.92 Å². The number of benzene rings is 1. The molecule has 2 rings (SSSR count). The summed E-state index contributed by atoms with van der Waals surface area (Å²) in [7, 11) is 1.59. The zero-order valence-corrected chi connectivity index (χ0v) is 9.71. The predicted octanol–water partition coefficient (Wildman–Crippen LogP) is 2.89. The van der Waals surface area contributed by atoms with Gasteiger partial charge in [-0.2, -0.15) is 0 Å². The Morgan fingerprint density at radius 2 is 2.19 bits per heavy atom. The smallest absolute Gasteiger partial charge is 0.225 e. The number of nitrogens with zero attached hydrogens (tertiary/aromatic N) is 1. The van der Waals surface area contributed by atoms with Crippen molar-refractivity contribution < 1.29 is 9.26 Å². The lowest BCUT2D eigenvalue weighted by Crippen LogP contribution is -1.90. The van der Waals surface area contributed by atoms with Crippen LogP contribution in [0.1, 0.15) is 5.56 Å². The highest BCUT2D eigenvalue weighted by Gasteiger charge is 2.15. The van der Waals surface area contributed by atoms with Gasteiger partial charge in [0.2, 0.25) is 5.88 Å². The van der Waals surface area contributed by atoms with Crippen molar-refractivity contribution in [3.63, 3.8) is 0 Å². The van der Waals surface area contributed by atoms with Crippen LogP contribution in [0, 0.1) is 6.92 Å². The van der Waals surface area contributed by atoms with Crippen molar-refractivity contribution in [1.82, 2.24) is 5.16 Å². The maximum atomic E-state index is 5.94. The molecule has 1 aromatic heterocycles. The molecule has 0 spiro atoms. The fraction of sp³-hybridized carbons (Fsp3) is 0.182. The summed E-state index contributed by atoms with van der Waals surface area (Å²) in [6, 6.07) is 5.30. The van der Waals surface area contributed by atoms with Gasteiger partial charge >= 0.3 is 0 Å². The standard InChI is InChI=1S/C11H11ClN2O2/c1-6-10(14-16-11(6)13)8-5-7(12)3-4-9(8)15-2/h3-5H,13H2,1-2H3. The van der Waals surface area contributed by atoms with Crippen molar-refractivity contribution >= 4 is 17.5 Å². The number of nitrogen functional groups attached to an aromatic ring is 1. The van der Waals surface area contributed by atoms with E-state index in [1.165, 1.54) is 0 Å². The number of rotatable bonds is 2. The van der Waals surface area contributed by atoms with Gasteiger partial charge in [-0.15, -0.1) is 0 Å². The SMILES string of the molecule is COc1ccc(Cl)cc1-c1noc(N)c1C. The Morgan fingerprint density at radius 1 is 1.44 bits per heavy atom. The van der Waals surface area contributed by atoms with E-state index in [4.69, 9.17) is 26.6 Å². The van der Waals surface area contributed by atoms with E-state index in [1.54, 1.807) is 25.3 Å². The van der Waals surface area contributed by atoms with Gasteiger partial charge in [0.05, 0.1) is 7.11 Å². The van der Waals surface area contributed by atoms with Crippen LogP contribution in [0.15, 0.2) is 22.7 Å². The summed E-state index contributed by atoms with van der Waals surface area (Å²) in [5.41, 5.74) is 7.80. The maximum Gasteiger partial charge on any atom is 0.225 e. The molecular weight excluding hydrogens is 228 g/mol. The number of ether oxygens (including phenoxy) is 1. The molecule has 0 radical (unpaired) electrons. The van der Waals surface area contributed by atoms with Crippen LogP contribution in [0.5, 0.6) is 5.75 Å². The molecule has 0 unspecified atom stereocenters. The molecule has 0 saturated carbocycles. The van der Waals surface area contributed by atoms with Crippen LogP contribution < -0.4 is 10.5 Å². The number of hydrogen-bond acceptors (Lipinski definition) is 4. The third kappa shape index (κ3) is 1.72. The van der Waals surface area contributed by atoms with Crippen molar-refractivity contribution in [3.05, 3.63) is 28.8 Å². The third-order valence-corrected chi connectivity index (χ3v) is 2.61. The van der Waals surface area contributed by atoms with Gasteiger partial charge in [0.1, 0.15) is 11.4 Å². The van der Waals surface area contributed by atoms with Crippen molar-refractivity contribution in [2.24, 2.45) is 0 Å². The molecule has 5 heteroatoms. The monoisotopic (exact) mass is 238 g/mol. The van der Waals surface area contributed by atoms with Crippen molar-refractivity contribution in [2.45, 2.75) is 6.92 Å². The van der Waals surface area contributed by atoms with Crippen LogP contribution in [0.4, 0.5) is 5.88 Å². The van der Waals surface area contributed by atoms with E-state index in [2.05, 4.69) is 5.16 Å². The number of hydrogen-bond donors (Lipinski definition) is 1. The van der Waals surface area contributed by atoms with Crippen molar-refractivity contribution in [2.75, 3.05) is 12.8 Å². The first kappa shape index (κ1) is 10.8. The molecule has 2 N–H and O–H groups in total. The number of methoxy groups -OCH3 is 1. The number of nitrogens with two attached hydrogens (primary N) is 1. The molecule has 0 aliphatic carbocycles. The molecular formula is C11H11ClN2O2. The molecule has 84 valence electrons. The minimum atomic E-state index is 0.303. The molecule has 4 nitrogen and oxygen atoms in total. The molecule has 0 saturated heterocycles. The summed E-state index contributed by atoms with van der Waals surface area (Å²) in [6.45, 7) is 1.83. The van der Waals surface area contributed by atoms with Gasteiger partial charge in [-0.05, 0) is 25.1 Å². The molecule has 0 bridgehead atoms. The van der Waals surface area contributed by atoms with E-state index in [0.717, 1.165) is 11.1 Å². The normalized spacial score (nSPS) is 10.4. The highest BCUT2D eigenvalue weighted by molar-refractivity contribution is 6.31. The predicted molar refractivity (Wildman–Crippen MR) is 62.7 cm³/mol. The Bertz CT molecular complexity index is 523. The summed E-state index contributed by atoms with van der Waals surface area (Å²) in [5, 5.41) is 4.50. The summed E-state index contributed by atoms with van der Waals surface area (Å²) < 4.78 is 10.2. The summed E-state index contributed by atoms with van der Waals surface area (Å²) >= 11 is 5.94. The molecule has 0 amide bonds. The van der Waals surface area contributed by atoms with Crippen LogP contribution in [-0.2, 0) is 0 Å². The van der Waals surface area contributed by atoms with Crippen LogP contribution in [0.2, 0.25) is 5.02 Å². The van der Waals surface area contributed by atoms with E-state index < -0.39 is 0 Å². The second kappa shape index (κ2) is 4.06. The number of halogens is 1. The fourth-order valence-electron chi connectivity index (χ4n) is 1.46. The van der Waals surface area contributed by atoms with Crippen LogP contribution >= 0.6 is 11.6 Å². The van der Waals surface area contributed by atoms with Gasteiger partial charge in [0, 0.05) is 16.1 Å². The average Bonchev–Trinajstić information content (AvgIpc) is 2.60. The molecule has 2 aromatic rings. The van der Waals surface area contributed by atoms with Crippen LogP contribution in [-0.4, -0.2) is 12.3 Å². The summed E-state index contributed by atoms with van der Waals surface area (Å²) in [6.07, 6.45) is 0. The second-order valence-corrected chi connectivity index (χ2v) is 3.80. The Morgan fingerprint density at radius 3 is 2.75 bits per heavy atom. The van der Waals surface area contributed by atoms with Gasteiger partial charge in [-0.3, -0.25) is 0 Å². The number of aromatic nitrogens is 1. The number of anilines is 1. The molecule has 1 aromatic carbocycles. The zero-order valence-electron chi connectivity index (χ0n) is 8.95. The Balaban J connectivity index is 2.62. The Kier molecular flexibility index (Phi) is 2.75. The summed E-state index contributed by atoms with van der Waals surface area (Å²) in [5.74, 6) is 0.984. The lowest BCUT2D eigenvalue weighted by Gasteiger charge is -2.06. The molecule has 0 aliphatic rings. The third-order valence-electron chi connectivity index (χ3n) is 2.38. The lowest BCUT2D eigenvalue weighted by molar-refractivity contribution is 0.414. The van der Waals surface area contributed by atoms with Gasteiger partial charge in [0.15, 0.2) is 0 Å². The molecule has 16 heavy (non-hydrogen) atoms. The van der Waals surface area contributed by atoms with Crippen molar-refractivity contribution in [3.8, 4) is 17.0 Å². The van der Waals surface area contributed by atoms with Gasteiger partial charge in [-0.1, -0.05) is 16.8 Å². The quantitative estimate of drug-likeness (QED) is 0.874. The first-order chi connectivity index (χ1) is 7.63. The average molecular weight is 239 g/mol. The van der Waals surface area contributed by atoms with E-state index in [-0.39, 0.29) is 0 Å². The molecule has 0 atom stereocenters. The topological polar surface area (TPSA) is 61.3 Å². The second-order valence-electron chi connectivity index (χ2n) is 3.37. The van der Waals surface area contributed by atoms with Gasteiger partial charge < -0.3 is 15.0 Å².